The Balaban J connectivity index is 2.84. The van der Waals surface area contributed by atoms with Gasteiger partial charge >= 0.3 is 6.18 Å². The smallest absolute Gasteiger partial charge is 0.294 e. The van der Waals surface area contributed by atoms with Gasteiger partial charge in [0, 0.05) is 13.1 Å². The van der Waals surface area contributed by atoms with Crippen molar-refractivity contribution in [3.05, 3.63) is 0 Å². The van der Waals surface area contributed by atoms with Gasteiger partial charge in [0.2, 0.25) is 0 Å². The number of likely N-dealkylation sites (tertiary alicyclic amines) is 1. The van der Waals surface area contributed by atoms with E-state index in [4.69, 9.17) is 0 Å². The minimum Gasteiger partial charge on any atom is -0.294 e. The predicted octanol–water partition coefficient (Wildman–Crippen LogP) is 4.19. The first kappa shape index (κ1) is 15.8. The van der Waals surface area contributed by atoms with Crippen molar-refractivity contribution in [1.29, 1.82) is 0 Å². The maximum absolute atomic E-state index is 12.5. The Bertz CT molecular complexity index is 261. The molecule has 1 aliphatic rings. The fourth-order valence-electron chi connectivity index (χ4n) is 3.02. The van der Waals surface area contributed by atoms with Crippen molar-refractivity contribution in [3.8, 4) is 0 Å². The van der Waals surface area contributed by atoms with Crippen molar-refractivity contribution in [2.24, 2.45) is 22.7 Å². The van der Waals surface area contributed by atoms with E-state index in [1.165, 1.54) is 0 Å². The van der Waals surface area contributed by atoms with Crippen LogP contribution in [0.2, 0.25) is 0 Å². The summed E-state index contributed by atoms with van der Waals surface area (Å²) in [5.41, 5.74) is 0.108. The number of alkyl halides is 3. The molecule has 0 bridgehead atoms. The van der Waals surface area contributed by atoms with Gasteiger partial charge in [0.1, 0.15) is 0 Å². The Morgan fingerprint density at radius 3 is 1.39 bits per heavy atom. The quantitative estimate of drug-likeness (QED) is 0.687. The van der Waals surface area contributed by atoms with Crippen LogP contribution in [0.1, 0.15) is 41.5 Å². The van der Waals surface area contributed by atoms with Gasteiger partial charge < -0.3 is 0 Å². The van der Waals surface area contributed by atoms with Gasteiger partial charge in [-0.25, -0.2) is 0 Å². The summed E-state index contributed by atoms with van der Waals surface area (Å²) in [5.74, 6) is 0.639. The van der Waals surface area contributed by atoms with Crippen molar-refractivity contribution in [2.45, 2.75) is 47.7 Å². The zero-order valence-corrected chi connectivity index (χ0v) is 12.4. The van der Waals surface area contributed by atoms with Crippen LogP contribution in [-0.4, -0.2) is 30.7 Å². The fraction of sp³-hybridized carbons (Fsp3) is 1.00. The van der Waals surface area contributed by atoms with E-state index in [0.29, 0.717) is 24.9 Å². The molecule has 1 saturated heterocycles. The van der Waals surface area contributed by atoms with E-state index >= 15 is 0 Å². The topological polar surface area (TPSA) is 3.24 Å². The molecule has 18 heavy (non-hydrogen) atoms. The molecule has 0 aromatic carbocycles. The van der Waals surface area contributed by atoms with Crippen molar-refractivity contribution < 1.29 is 13.2 Å². The Kier molecular flexibility index (Phi) is 4.12. The molecule has 0 aromatic heterocycles. The number of hydrogen-bond donors (Lipinski definition) is 0. The van der Waals surface area contributed by atoms with E-state index in [0.717, 1.165) is 0 Å². The maximum atomic E-state index is 12.5. The maximum Gasteiger partial charge on any atom is 0.401 e. The summed E-state index contributed by atoms with van der Waals surface area (Å²) in [6.45, 7) is 13.1. The van der Waals surface area contributed by atoms with Gasteiger partial charge in [-0.05, 0) is 22.7 Å². The molecule has 1 fully saturated rings. The fourth-order valence-corrected chi connectivity index (χ4v) is 3.02. The van der Waals surface area contributed by atoms with Crippen LogP contribution >= 0.6 is 0 Å². The van der Waals surface area contributed by atoms with Crippen LogP contribution in [0, 0.1) is 22.7 Å². The molecule has 0 N–H and O–H groups in total. The standard InChI is InChI=1S/C14H26F3N/c1-12(2,3)10-7-18(9-14(15,16)17)8-11(10)13(4,5)6/h10-11H,7-9H2,1-6H3. The van der Waals surface area contributed by atoms with E-state index in [2.05, 4.69) is 41.5 Å². The normalized spacial score (nSPS) is 27.8. The van der Waals surface area contributed by atoms with Crippen LogP contribution in [0.15, 0.2) is 0 Å². The van der Waals surface area contributed by atoms with Crippen molar-refractivity contribution in [2.75, 3.05) is 19.6 Å². The van der Waals surface area contributed by atoms with Crippen molar-refractivity contribution in [3.63, 3.8) is 0 Å². The second-order valence-corrected chi connectivity index (χ2v) is 7.75. The van der Waals surface area contributed by atoms with Gasteiger partial charge in [-0.3, -0.25) is 4.90 Å². The predicted molar refractivity (Wildman–Crippen MR) is 68.4 cm³/mol. The highest BCUT2D eigenvalue weighted by molar-refractivity contribution is 4.95. The third-order valence-electron chi connectivity index (χ3n) is 4.02. The molecule has 1 nitrogen and oxygen atoms in total. The minimum atomic E-state index is -4.09. The van der Waals surface area contributed by atoms with Crippen molar-refractivity contribution >= 4 is 0 Å². The van der Waals surface area contributed by atoms with Gasteiger partial charge in [-0.2, -0.15) is 13.2 Å². The number of halogens is 3. The van der Waals surface area contributed by atoms with Gasteiger partial charge in [-0.1, -0.05) is 41.5 Å². The molecule has 2 atom stereocenters. The van der Waals surface area contributed by atoms with Crippen molar-refractivity contribution in [1.82, 2.24) is 4.90 Å². The Morgan fingerprint density at radius 1 is 0.833 bits per heavy atom. The monoisotopic (exact) mass is 265 g/mol. The SMILES string of the molecule is CC(C)(C)C1CN(CC(F)(F)F)CC1C(C)(C)C. The van der Waals surface area contributed by atoms with E-state index in [-0.39, 0.29) is 10.8 Å². The molecule has 1 rings (SSSR count). The number of hydrogen-bond acceptors (Lipinski definition) is 1. The van der Waals surface area contributed by atoms with Gasteiger partial charge in [0.15, 0.2) is 0 Å². The molecule has 108 valence electrons. The third-order valence-corrected chi connectivity index (χ3v) is 4.02. The van der Waals surface area contributed by atoms with Gasteiger partial charge in [-0.15, -0.1) is 0 Å². The summed E-state index contributed by atoms with van der Waals surface area (Å²) in [6.07, 6.45) is -4.09. The van der Waals surface area contributed by atoms with Gasteiger partial charge in [0.25, 0.3) is 0 Å². The van der Waals surface area contributed by atoms with E-state index < -0.39 is 12.7 Å². The molecule has 0 aromatic rings. The molecular formula is C14H26F3N. The average molecular weight is 265 g/mol. The second-order valence-electron chi connectivity index (χ2n) is 7.75. The lowest BCUT2D eigenvalue weighted by Crippen LogP contribution is -2.34. The van der Waals surface area contributed by atoms with Crippen LogP contribution in [0.25, 0.3) is 0 Å². The molecule has 0 amide bonds. The zero-order valence-electron chi connectivity index (χ0n) is 12.4. The zero-order chi connectivity index (χ0) is 14.4. The molecule has 0 spiro atoms. The highest BCUT2D eigenvalue weighted by Crippen LogP contribution is 2.46. The molecule has 4 heteroatoms. The molecule has 0 radical (unpaired) electrons. The first-order valence-corrected chi connectivity index (χ1v) is 6.60. The highest BCUT2D eigenvalue weighted by Gasteiger charge is 2.46. The molecule has 0 saturated carbocycles. The lowest BCUT2D eigenvalue weighted by molar-refractivity contribution is -0.144. The van der Waals surface area contributed by atoms with Crippen LogP contribution in [0.3, 0.4) is 0 Å². The number of rotatable bonds is 1. The summed E-state index contributed by atoms with van der Waals surface area (Å²) < 4.78 is 37.5. The largest absolute Gasteiger partial charge is 0.401 e. The molecule has 1 heterocycles. The number of nitrogens with zero attached hydrogens (tertiary/aromatic N) is 1. The van der Waals surface area contributed by atoms with Crippen LogP contribution in [-0.2, 0) is 0 Å². The minimum absolute atomic E-state index is 0.0539. The lowest BCUT2D eigenvalue weighted by atomic mass is 9.66. The molecular weight excluding hydrogens is 239 g/mol. The van der Waals surface area contributed by atoms with Crippen LogP contribution in [0.5, 0.6) is 0 Å². The lowest BCUT2D eigenvalue weighted by Gasteiger charge is -2.38. The van der Waals surface area contributed by atoms with E-state index in [1.807, 2.05) is 0 Å². The van der Waals surface area contributed by atoms with E-state index in [9.17, 15) is 13.2 Å². The summed E-state index contributed by atoms with van der Waals surface area (Å²) in [6, 6.07) is 0. The summed E-state index contributed by atoms with van der Waals surface area (Å²) >= 11 is 0. The highest BCUT2D eigenvalue weighted by atomic mass is 19.4. The molecule has 1 aliphatic heterocycles. The van der Waals surface area contributed by atoms with Gasteiger partial charge in [0.05, 0.1) is 6.54 Å². The first-order chi connectivity index (χ1) is 7.81. The molecule has 2 unspecified atom stereocenters. The third kappa shape index (κ3) is 4.15. The molecule has 0 aliphatic carbocycles. The summed E-state index contributed by atoms with van der Waals surface area (Å²) in [7, 11) is 0. The Hall–Kier alpha value is -0.250. The Morgan fingerprint density at radius 2 is 1.17 bits per heavy atom. The first-order valence-electron chi connectivity index (χ1n) is 6.60. The average Bonchev–Trinajstić information content (AvgIpc) is 2.42. The van der Waals surface area contributed by atoms with E-state index in [1.54, 1.807) is 4.90 Å². The second kappa shape index (κ2) is 4.69. The summed E-state index contributed by atoms with van der Waals surface area (Å²) in [4.78, 5) is 1.58. The van der Waals surface area contributed by atoms with Crippen LogP contribution < -0.4 is 0 Å². The van der Waals surface area contributed by atoms with Crippen LogP contribution in [0.4, 0.5) is 13.2 Å². The summed E-state index contributed by atoms with van der Waals surface area (Å²) in [5, 5.41) is 0. The Labute approximate surface area is 109 Å².